The molecule has 0 fully saturated rings. The van der Waals surface area contributed by atoms with Gasteiger partial charge in [-0.25, -0.2) is 0 Å². The Balaban J connectivity index is -0.000000263. The maximum atomic E-state index is 12.1. The van der Waals surface area contributed by atoms with Crippen LogP contribution in [0.5, 0.6) is 0 Å². The molecule has 8 heteroatoms. The van der Waals surface area contributed by atoms with Crippen molar-refractivity contribution in [3.63, 3.8) is 0 Å². The minimum Gasteiger partial charge on any atom is -0.396 e. The van der Waals surface area contributed by atoms with Crippen LogP contribution in [0.2, 0.25) is 0 Å². The van der Waals surface area contributed by atoms with Gasteiger partial charge in [-0.1, -0.05) is 61.8 Å². The lowest BCUT2D eigenvalue weighted by molar-refractivity contribution is -0.141. The maximum Gasteiger partial charge on any atom is 0.243 e. The van der Waals surface area contributed by atoms with E-state index in [1.807, 2.05) is 13.8 Å². The first-order valence-electron chi connectivity index (χ1n) is 12.0. The van der Waals surface area contributed by atoms with Gasteiger partial charge in [-0.2, -0.15) is 0 Å². The highest BCUT2D eigenvalue weighted by Crippen LogP contribution is 2.13. The number of hydrogen-bond acceptors (Lipinski definition) is 5. The van der Waals surface area contributed by atoms with Crippen LogP contribution in [0.4, 0.5) is 0 Å². The van der Waals surface area contributed by atoms with Gasteiger partial charge in [0.05, 0.1) is 6.54 Å². The second kappa shape index (κ2) is 24.7. The van der Waals surface area contributed by atoms with Crippen LogP contribution >= 0.6 is 0 Å². The number of hydrogen-bond donors (Lipinski definition) is 3. The molecule has 0 aliphatic carbocycles. The topological polar surface area (TPSA) is 130 Å². The predicted octanol–water partition coefficient (Wildman–Crippen LogP) is 3.54. The van der Waals surface area contributed by atoms with Crippen molar-refractivity contribution >= 4 is 23.5 Å². The van der Waals surface area contributed by atoms with Crippen molar-refractivity contribution in [2.75, 3.05) is 20.2 Å². The summed E-state index contributed by atoms with van der Waals surface area (Å²) in [7, 11) is 1.65. The first kappa shape index (κ1) is 38.3. The van der Waals surface area contributed by atoms with Gasteiger partial charge in [-0.15, -0.1) is 0 Å². The number of carbonyl (C=O) groups excluding carboxylic acids is 4. The van der Waals surface area contributed by atoms with Gasteiger partial charge < -0.3 is 21.1 Å². The van der Waals surface area contributed by atoms with Crippen LogP contribution in [0.15, 0.2) is 0 Å². The van der Waals surface area contributed by atoms with Crippen LogP contribution in [0.3, 0.4) is 0 Å². The minimum atomic E-state index is -0.533. The predicted molar refractivity (Wildman–Crippen MR) is 137 cm³/mol. The van der Waals surface area contributed by atoms with E-state index in [1.165, 1.54) is 25.2 Å². The summed E-state index contributed by atoms with van der Waals surface area (Å²) in [5.74, 6) is 0.363. The average Bonchev–Trinajstić information content (AvgIpc) is 2.64. The second-order valence-electron chi connectivity index (χ2n) is 9.27. The number of nitrogens with one attached hydrogen (secondary N) is 1. The monoisotopic (exact) mass is 475 g/mol. The molecule has 0 aliphatic rings. The number of primary amides is 1. The van der Waals surface area contributed by atoms with Gasteiger partial charge in [-0.3, -0.25) is 19.2 Å². The summed E-state index contributed by atoms with van der Waals surface area (Å²) in [6.45, 7) is 19.4. The smallest absolute Gasteiger partial charge is 0.243 e. The molecule has 0 aliphatic heterocycles. The zero-order valence-corrected chi connectivity index (χ0v) is 23.2. The number of carbonyl (C=O) groups is 4. The Labute approximate surface area is 203 Å². The zero-order chi connectivity index (χ0) is 27.1. The highest BCUT2D eigenvalue weighted by Gasteiger charge is 2.29. The SMILES string of the molecule is CC(=O)CNC(=O)C(C(C)C)N(C)C(=O)CCC(C)C.CC(C)CCO.CC(N)=O.CCC. The third-order valence-corrected chi connectivity index (χ3v) is 3.86. The number of likely N-dealkylation sites (N-methyl/N-ethyl adjacent to an activating group) is 1. The standard InChI is InChI=1S/C15H28N2O3.C5H12O.C3H8.C2H5NO/c1-10(2)7-8-13(19)17(6)14(11(3)4)15(20)16-9-12(5)18;1-5(2)3-4-6;1-3-2;1-2(3)4/h10-11,14H,7-9H2,1-6H3,(H,16,20);5-6H,3-4H2,1-2H3;3H2,1-2H3;1H3,(H2,3,4). The van der Waals surface area contributed by atoms with E-state index in [4.69, 9.17) is 5.11 Å². The molecule has 3 amide bonds. The van der Waals surface area contributed by atoms with Gasteiger partial charge in [0.25, 0.3) is 0 Å². The van der Waals surface area contributed by atoms with Gasteiger partial charge in [0.15, 0.2) is 0 Å². The summed E-state index contributed by atoms with van der Waals surface area (Å²) in [5, 5.41) is 10.8. The van der Waals surface area contributed by atoms with E-state index < -0.39 is 6.04 Å². The Bertz CT molecular complexity index is 516. The van der Waals surface area contributed by atoms with Crippen molar-refractivity contribution in [2.45, 2.75) is 101 Å². The van der Waals surface area contributed by atoms with Gasteiger partial charge in [-0.05, 0) is 37.5 Å². The summed E-state index contributed by atoms with van der Waals surface area (Å²) >= 11 is 0. The summed E-state index contributed by atoms with van der Waals surface area (Å²) in [6, 6.07) is -0.533. The van der Waals surface area contributed by atoms with E-state index in [0.29, 0.717) is 24.9 Å². The van der Waals surface area contributed by atoms with Gasteiger partial charge in [0.2, 0.25) is 17.7 Å². The van der Waals surface area contributed by atoms with Crippen LogP contribution in [-0.2, 0) is 19.2 Å². The molecule has 0 heterocycles. The van der Waals surface area contributed by atoms with Crippen molar-refractivity contribution in [1.82, 2.24) is 10.2 Å². The second-order valence-corrected chi connectivity index (χ2v) is 9.27. The first-order chi connectivity index (χ1) is 15.1. The molecule has 0 saturated carbocycles. The molecule has 0 aromatic carbocycles. The van der Waals surface area contributed by atoms with E-state index in [0.717, 1.165) is 12.8 Å². The van der Waals surface area contributed by atoms with Gasteiger partial charge in [0.1, 0.15) is 11.8 Å². The zero-order valence-electron chi connectivity index (χ0n) is 23.2. The Morgan fingerprint density at radius 2 is 1.30 bits per heavy atom. The Hall–Kier alpha value is -1.96. The number of aliphatic hydroxyl groups excluding tert-OH is 1. The van der Waals surface area contributed by atoms with E-state index in [-0.39, 0.29) is 36.0 Å². The van der Waals surface area contributed by atoms with E-state index in [2.05, 4.69) is 52.6 Å². The fourth-order valence-corrected chi connectivity index (χ4v) is 2.24. The Morgan fingerprint density at radius 3 is 1.55 bits per heavy atom. The number of nitrogens with zero attached hydrogens (tertiary/aromatic N) is 1. The summed E-state index contributed by atoms with van der Waals surface area (Å²) in [6.07, 6.45) is 3.43. The lowest BCUT2D eigenvalue weighted by atomic mass is 10.0. The molecular weight excluding hydrogens is 422 g/mol. The van der Waals surface area contributed by atoms with E-state index >= 15 is 0 Å². The summed E-state index contributed by atoms with van der Waals surface area (Å²) < 4.78 is 0. The molecule has 0 saturated heterocycles. The summed E-state index contributed by atoms with van der Waals surface area (Å²) in [5.41, 5.74) is 4.47. The highest BCUT2D eigenvalue weighted by molar-refractivity contribution is 5.90. The molecule has 0 rings (SSSR count). The molecule has 0 aromatic heterocycles. The van der Waals surface area contributed by atoms with Gasteiger partial charge >= 0.3 is 0 Å². The number of amides is 3. The number of aliphatic hydroxyl groups is 1. The van der Waals surface area contributed by atoms with Crippen molar-refractivity contribution in [3.05, 3.63) is 0 Å². The van der Waals surface area contributed by atoms with Gasteiger partial charge in [0, 0.05) is 27.0 Å². The largest absolute Gasteiger partial charge is 0.396 e. The first-order valence-corrected chi connectivity index (χ1v) is 12.0. The fourth-order valence-electron chi connectivity index (χ4n) is 2.24. The lowest BCUT2D eigenvalue weighted by Gasteiger charge is -2.30. The average molecular weight is 476 g/mol. The molecule has 1 unspecified atom stereocenters. The Morgan fingerprint density at radius 1 is 0.909 bits per heavy atom. The number of ketones is 1. The van der Waals surface area contributed by atoms with E-state index in [1.54, 1.807) is 7.05 Å². The van der Waals surface area contributed by atoms with Crippen molar-refractivity contribution in [3.8, 4) is 0 Å². The molecular formula is C25H53N3O5. The van der Waals surface area contributed by atoms with Crippen molar-refractivity contribution in [2.24, 2.45) is 23.5 Å². The fraction of sp³-hybridized carbons (Fsp3) is 0.840. The van der Waals surface area contributed by atoms with Crippen molar-refractivity contribution in [1.29, 1.82) is 0 Å². The molecule has 0 bridgehead atoms. The molecule has 0 spiro atoms. The third kappa shape index (κ3) is 32.3. The number of rotatable bonds is 10. The normalized spacial score (nSPS) is 10.6. The summed E-state index contributed by atoms with van der Waals surface area (Å²) in [4.78, 5) is 45.9. The molecule has 0 aromatic rings. The lowest BCUT2D eigenvalue weighted by Crippen LogP contribution is -2.51. The maximum absolute atomic E-state index is 12.1. The molecule has 4 N–H and O–H groups in total. The molecule has 198 valence electrons. The van der Waals surface area contributed by atoms with Crippen LogP contribution in [-0.4, -0.2) is 59.8 Å². The number of nitrogens with two attached hydrogens (primary N) is 1. The van der Waals surface area contributed by atoms with Crippen LogP contribution in [0, 0.1) is 17.8 Å². The highest BCUT2D eigenvalue weighted by atomic mass is 16.3. The molecule has 1 atom stereocenters. The number of Topliss-reactive ketones (excluding diaryl/α,β-unsaturated/α-hetero) is 1. The van der Waals surface area contributed by atoms with Crippen molar-refractivity contribution < 1.29 is 24.3 Å². The van der Waals surface area contributed by atoms with E-state index in [9.17, 15) is 19.2 Å². The Kier molecular flexibility index (Phi) is 28.6. The minimum absolute atomic E-state index is 0.00467. The molecule has 0 radical (unpaired) electrons. The van der Waals surface area contributed by atoms with Crippen LogP contribution < -0.4 is 11.1 Å². The van der Waals surface area contributed by atoms with Crippen LogP contribution in [0.1, 0.15) is 94.9 Å². The third-order valence-electron chi connectivity index (χ3n) is 3.86. The quantitative estimate of drug-likeness (QED) is 0.445. The van der Waals surface area contributed by atoms with Crippen LogP contribution in [0.25, 0.3) is 0 Å². The molecule has 8 nitrogen and oxygen atoms in total. The molecule has 33 heavy (non-hydrogen) atoms.